The molecule has 0 unspecified atom stereocenters. The molecule has 0 bridgehead atoms. The first-order valence-corrected chi connectivity index (χ1v) is 6.20. The quantitative estimate of drug-likeness (QED) is 0.773. The molecule has 3 N–H and O–H groups in total. The van der Waals surface area contributed by atoms with E-state index in [1.807, 2.05) is 30.3 Å². The highest BCUT2D eigenvalue weighted by atomic mass is 19.1. The lowest BCUT2D eigenvalue weighted by atomic mass is 10.2. The van der Waals surface area contributed by atoms with Crippen LogP contribution in [0, 0.1) is 5.82 Å². The van der Waals surface area contributed by atoms with Crippen LogP contribution in [0.1, 0.15) is 10.4 Å². The zero-order chi connectivity index (χ0) is 14.8. The van der Waals surface area contributed by atoms with Crippen molar-refractivity contribution in [3.05, 3.63) is 60.2 Å². The number of aromatic nitrogens is 2. The highest BCUT2D eigenvalue weighted by molar-refractivity contribution is 5.98. The number of carbonyl (C=O) groups is 1. The van der Waals surface area contributed by atoms with Crippen molar-refractivity contribution in [2.24, 2.45) is 5.73 Å². The van der Waals surface area contributed by atoms with Gasteiger partial charge in [0.15, 0.2) is 0 Å². The first-order valence-electron chi connectivity index (χ1n) is 6.20. The second-order valence-electron chi connectivity index (χ2n) is 4.45. The molecule has 0 aliphatic heterocycles. The summed E-state index contributed by atoms with van der Waals surface area (Å²) in [4.78, 5) is 19.5. The molecule has 5 nitrogen and oxygen atoms in total. The fraction of sp³-hybridized carbons (Fsp3) is 0. The van der Waals surface area contributed by atoms with Crippen LogP contribution in [0.15, 0.2) is 48.8 Å². The van der Waals surface area contributed by atoms with Crippen LogP contribution in [-0.4, -0.2) is 15.9 Å². The van der Waals surface area contributed by atoms with Crippen LogP contribution >= 0.6 is 0 Å². The summed E-state index contributed by atoms with van der Waals surface area (Å²) in [6, 6.07) is 10.4. The molecule has 3 aromatic rings. The molecule has 0 aliphatic rings. The largest absolute Gasteiger partial charge is 0.365 e. The van der Waals surface area contributed by atoms with Crippen LogP contribution in [0.2, 0.25) is 0 Å². The zero-order valence-corrected chi connectivity index (χ0v) is 10.9. The number of hydrogen-bond donors (Lipinski definition) is 2. The van der Waals surface area contributed by atoms with Crippen LogP contribution < -0.4 is 11.1 Å². The highest BCUT2D eigenvalue weighted by Gasteiger charge is 2.11. The number of pyridine rings is 2. The van der Waals surface area contributed by atoms with E-state index in [9.17, 15) is 9.18 Å². The van der Waals surface area contributed by atoms with E-state index in [1.54, 1.807) is 6.20 Å². The van der Waals surface area contributed by atoms with Gasteiger partial charge in [-0.25, -0.2) is 9.37 Å². The van der Waals surface area contributed by atoms with Crippen molar-refractivity contribution in [1.29, 1.82) is 0 Å². The van der Waals surface area contributed by atoms with Crippen LogP contribution in [0.3, 0.4) is 0 Å². The zero-order valence-electron chi connectivity index (χ0n) is 10.9. The van der Waals surface area contributed by atoms with E-state index in [0.717, 1.165) is 23.2 Å². The van der Waals surface area contributed by atoms with E-state index in [4.69, 9.17) is 5.73 Å². The molecule has 0 saturated carbocycles. The minimum absolute atomic E-state index is 0.00359. The summed E-state index contributed by atoms with van der Waals surface area (Å²) >= 11 is 0. The second-order valence-corrected chi connectivity index (χ2v) is 4.45. The number of benzene rings is 1. The normalized spacial score (nSPS) is 10.5. The molecule has 2 aromatic heterocycles. The lowest BCUT2D eigenvalue weighted by molar-refractivity contribution is 0.100. The van der Waals surface area contributed by atoms with Crippen LogP contribution in [0.5, 0.6) is 0 Å². The molecule has 2 heterocycles. The fourth-order valence-corrected chi connectivity index (χ4v) is 2.01. The maximum atomic E-state index is 13.1. The molecular weight excluding hydrogens is 271 g/mol. The summed E-state index contributed by atoms with van der Waals surface area (Å²) in [5, 5.41) is 3.95. The molecule has 0 atom stereocenters. The lowest BCUT2D eigenvalue weighted by Gasteiger charge is -2.09. The number of carbonyl (C=O) groups excluding carboxylic acids is 1. The fourth-order valence-electron chi connectivity index (χ4n) is 2.01. The number of hydrogen-bond acceptors (Lipinski definition) is 4. The molecule has 104 valence electrons. The number of anilines is 2. The minimum atomic E-state index is -0.747. The summed E-state index contributed by atoms with van der Waals surface area (Å²) < 4.78 is 13.1. The number of primary amides is 1. The third kappa shape index (κ3) is 2.64. The van der Waals surface area contributed by atoms with Gasteiger partial charge in [0.1, 0.15) is 11.6 Å². The van der Waals surface area contributed by atoms with Gasteiger partial charge in [0.25, 0.3) is 5.91 Å². The molecular formula is C15H11FN4O. The summed E-state index contributed by atoms with van der Waals surface area (Å²) in [7, 11) is 0. The van der Waals surface area contributed by atoms with Gasteiger partial charge in [0, 0.05) is 17.3 Å². The van der Waals surface area contributed by atoms with Gasteiger partial charge in [0.2, 0.25) is 0 Å². The predicted molar refractivity (Wildman–Crippen MR) is 77.7 cm³/mol. The minimum Gasteiger partial charge on any atom is -0.365 e. The monoisotopic (exact) mass is 282 g/mol. The van der Waals surface area contributed by atoms with Gasteiger partial charge in [0.05, 0.1) is 17.3 Å². The maximum absolute atomic E-state index is 13.1. The highest BCUT2D eigenvalue weighted by Crippen LogP contribution is 2.22. The third-order valence-corrected chi connectivity index (χ3v) is 2.99. The SMILES string of the molecule is NC(=O)c1cc(F)cnc1Nc1ccc2cccnc2c1. The molecule has 3 rings (SSSR count). The van der Waals surface area contributed by atoms with Crippen LogP contribution in [0.25, 0.3) is 10.9 Å². The first kappa shape index (κ1) is 13.0. The standard InChI is InChI=1S/C15H11FN4O/c16-10-6-12(14(17)21)15(19-8-10)20-11-4-3-9-2-1-5-18-13(9)7-11/h1-8H,(H2,17,21)(H,19,20). The smallest absolute Gasteiger partial charge is 0.252 e. The average Bonchev–Trinajstić information content (AvgIpc) is 2.49. The number of rotatable bonds is 3. The van der Waals surface area contributed by atoms with Gasteiger partial charge in [-0.05, 0) is 24.3 Å². The number of nitrogens with one attached hydrogen (secondary N) is 1. The Labute approximate surface area is 119 Å². The van der Waals surface area contributed by atoms with Gasteiger partial charge in [-0.2, -0.15) is 0 Å². The van der Waals surface area contributed by atoms with Gasteiger partial charge >= 0.3 is 0 Å². The Morgan fingerprint density at radius 3 is 2.86 bits per heavy atom. The van der Waals surface area contributed by atoms with Crippen molar-refractivity contribution < 1.29 is 9.18 Å². The van der Waals surface area contributed by atoms with Gasteiger partial charge in [-0.15, -0.1) is 0 Å². The van der Waals surface area contributed by atoms with E-state index >= 15 is 0 Å². The molecule has 0 radical (unpaired) electrons. The number of amides is 1. The van der Waals surface area contributed by atoms with Crippen molar-refractivity contribution in [2.45, 2.75) is 0 Å². The molecule has 0 spiro atoms. The molecule has 1 aromatic carbocycles. The van der Waals surface area contributed by atoms with Gasteiger partial charge in [-0.1, -0.05) is 12.1 Å². The Balaban J connectivity index is 2.00. The average molecular weight is 282 g/mol. The Morgan fingerprint density at radius 1 is 1.19 bits per heavy atom. The predicted octanol–water partition coefficient (Wildman–Crippen LogP) is 2.61. The van der Waals surface area contributed by atoms with Crippen molar-refractivity contribution in [3.63, 3.8) is 0 Å². The van der Waals surface area contributed by atoms with E-state index in [-0.39, 0.29) is 11.4 Å². The Morgan fingerprint density at radius 2 is 2.05 bits per heavy atom. The van der Waals surface area contributed by atoms with Gasteiger partial charge in [-0.3, -0.25) is 9.78 Å². The Bertz CT molecular complexity index is 835. The molecule has 6 heteroatoms. The summed E-state index contributed by atoms with van der Waals surface area (Å²) in [6.45, 7) is 0. The van der Waals surface area contributed by atoms with Crippen LogP contribution in [-0.2, 0) is 0 Å². The number of nitrogens with two attached hydrogens (primary N) is 1. The van der Waals surface area contributed by atoms with Crippen LogP contribution in [0.4, 0.5) is 15.9 Å². The molecule has 0 saturated heterocycles. The summed E-state index contributed by atoms with van der Waals surface area (Å²) in [5.41, 5.74) is 6.71. The van der Waals surface area contributed by atoms with Crippen molar-refractivity contribution >= 4 is 28.3 Å². The molecule has 21 heavy (non-hydrogen) atoms. The summed E-state index contributed by atoms with van der Waals surface area (Å²) in [5.74, 6) is -1.16. The topological polar surface area (TPSA) is 80.9 Å². The molecule has 1 amide bonds. The lowest BCUT2D eigenvalue weighted by Crippen LogP contribution is -2.14. The third-order valence-electron chi connectivity index (χ3n) is 2.99. The maximum Gasteiger partial charge on any atom is 0.252 e. The second kappa shape index (κ2) is 5.16. The number of nitrogens with zero attached hydrogens (tertiary/aromatic N) is 2. The van der Waals surface area contributed by atoms with E-state index in [2.05, 4.69) is 15.3 Å². The van der Waals surface area contributed by atoms with Crippen molar-refractivity contribution in [2.75, 3.05) is 5.32 Å². The Kier molecular flexibility index (Phi) is 3.19. The summed E-state index contributed by atoms with van der Waals surface area (Å²) in [6.07, 6.45) is 2.71. The van der Waals surface area contributed by atoms with E-state index in [0.29, 0.717) is 5.69 Å². The molecule has 0 fully saturated rings. The van der Waals surface area contributed by atoms with Crippen molar-refractivity contribution in [3.8, 4) is 0 Å². The van der Waals surface area contributed by atoms with Crippen molar-refractivity contribution in [1.82, 2.24) is 9.97 Å². The Hall–Kier alpha value is -3.02. The van der Waals surface area contributed by atoms with Gasteiger partial charge < -0.3 is 11.1 Å². The first-order chi connectivity index (χ1) is 10.1. The van der Waals surface area contributed by atoms with E-state index < -0.39 is 11.7 Å². The number of halogens is 1. The molecule has 0 aliphatic carbocycles. The number of fused-ring (bicyclic) bond motifs is 1. The van der Waals surface area contributed by atoms with E-state index in [1.165, 1.54) is 0 Å².